The highest BCUT2D eigenvalue weighted by Crippen LogP contribution is 2.35. The zero-order valence-electron chi connectivity index (χ0n) is 11.5. The van der Waals surface area contributed by atoms with E-state index in [2.05, 4.69) is 10.3 Å². The van der Waals surface area contributed by atoms with Crippen LogP contribution in [0.2, 0.25) is 0 Å². The maximum absolute atomic E-state index is 12.2. The van der Waals surface area contributed by atoms with Crippen LogP contribution in [0.25, 0.3) is 0 Å². The van der Waals surface area contributed by atoms with Crippen LogP contribution in [0, 0.1) is 0 Å². The van der Waals surface area contributed by atoms with Crippen molar-refractivity contribution in [3.8, 4) is 0 Å². The Kier molecular flexibility index (Phi) is 5.00. The van der Waals surface area contributed by atoms with Crippen LogP contribution < -0.4 is 11.1 Å². The van der Waals surface area contributed by atoms with E-state index in [1.54, 1.807) is 37.0 Å². The van der Waals surface area contributed by atoms with E-state index in [9.17, 15) is 9.59 Å². The summed E-state index contributed by atoms with van der Waals surface area (Å²) >= 11 is 1.65. The predicted octanol–water partition coefficient (Wildman–Crippen LogP) is 1.72. The molecule has 1 heterocycles. The van der Waals surface area contributed by atoms with Crippen molar-refractivity contribution >= 4 is 23.6 Å². The maximum Gasteiger partial charge on any atom is 0.254 e. The second-order valence-corrected chi connectivity index (χ2v) is 6.27. The normalized spacial score (nSPS) is 16.9. The molecule has 1 aromatic heterocycles. The number of nitrogens with zero attached hydrogens (tertiary/aromatic N) is 1. The van der Waals surface area contributed by atoms with Gasteiger partial charge in [0.05, 0.1) is 5.56 Å². The number of carbonyl (C=O) groups is 2. The highest BCUT2D eigenvalue weighted by atomic mass is 32.2. The van der Waals surface area contributed by atoms with E-state index >= 15 is 0 Å². The standard InChI is InChI=1S/C14H19N3O2S/c1-9(12(15)18)17-13(19)11-7-4-8-16-14(11)20-10-5-2-3-6-10/h4,7-10H,2-3,5-6H2,1H3,(H2,15,18)(H,17,19)/t9-/m1/s1. The van der Waals surface area contributed by atoms with Gasteiger partial charge in [-0.25, -0.2) is 4.98 Å². The Morgan fingerprint density at radius 2 is 2.15 bits per heavy atom. The molecule has 0 aromatic carbocycles. The molecule has 1 saturated carbocycles. The number of carbonyl (C=O) groups excluding carboxylic acids is 2. The molecule has 1 aliphatic rings. The monoisotopic (exact) mass is 293 g/mol. The van der Waals surface area contributed by atoms with Gasteiger partial charge in [0.2, 0.25) is 5.91 Å². The van der Waals surface area contributed by atoms with Crippen molar-refractivity contribution in [2.45, 2.75) is 48.9 Å². The van der Waals surface area contributed by atoms with Crippen LogP contribution in [-0.2, 0) is 4.79 Å². The van der Waals surface area contributed by atoms with Gasteiger partial charge in [0.15, 0.2) is 0 Å². The number of nitrogens with two attached hydrogens (primary N) is 1. The molecule has 2 amide bonds. The van der Waals surface area contributed by atoms with Crippen molar-refractivity contribution in [1.82, 2.24) is 10.3 Å². The van der Waals surface area contributed by atoms with Gasteiger partial charge in [-0.15, -0.1) is 11.8 Å². The average molecular weight is 293 g/mol. The zero-order valence-corrected chi connectivity index (χ0v) is 12.3. The van der Waals surface area contributed by atoms with Crippen molar-refractivity contribution in [3.63, 3.8) is 0 Å². The van der Waals surface area contributed by atoms with Crippen molar-refractivity contribution < 1.29 is 9.59 Å². The van der Waals surface area contributed by atoms with Crippen LogP contribution in [-0.4, -0.2) is 28.1 Å². The molecule has 0 saturated heterocycles. The molecule has 1 atom stereocenters. The van der Waals surface area contributed by atoms with E-state index < -0.39 is 11.9 Å². The third kappa shape index (κ3) is 3.72. The number of hydrogen-bond acceptors (Lipinski definition) is 4. The Balaban J connectivity index is 2.10. The van der Waals surface area contributed by atoms with E-state index in [-0.39, 0.29) is 5.91 Å². The second-order valence-electron chi connectivity index (χ2n) is 4.98. The van der Waals surface area contributed by atoms with Crippen molar-refractivity contribution in [2.75, 3.05) is 0 Å². The van der Waals surface area contributed by atoms with Crippen molar-refractivity contribution in [3.05, 3.63) is 23.9 Å². The molecule has 0 aliphatic heterocycles. The lowest BCUT2D eigenvalue weighted by atomic mass is 10.2. The molecule has 20 heavy (non-hydrogen) atoms. The van der Waals surface area contributed by atoms with Gasteiger partial charge >= 0.3 is 0 Å². The van der Waals surface area contributed by atoms with Crippen LogP contribution in [0.15, 0.2) is 23.4 Å². The first kappa shape index (κ1) is 14.8. The molecular weight excluding hydrogens is 274 g/mol. The number of nitrogens with one attached hydrogen (secondary N) is 1. The lowest BCUT2D eigenvalue weighted by Crippen LogP contribution is -2.42. The van der Waals surface area contributed by atoms with Crippen LogP contribution >= 0.6 is 11.8 Å². The van der Waals surface area contributed by atoms with Gasteiger partial charge in [-0.1, -0.05) is 12.8 Å². The molecular formula is C14H19N3O2S. The van der Waals surface area contributed by atoms with E-state index in [4.69, 9.17) is 5.73 Å². The maximum atomic E-state index is 12.2. The SMILES string of the molecule is C[C@@H](NC(=O)c1cccnc1SC1CCCC1)C(N)=O. The van der Waals surface area contributed by atoms with Gasteiger partial charge in [0.25, 0.3) is 5.91 Å². The minimum Gasteiger partial charge on any atom is -0.368 e. The quantitative estimate of drug-likeness (QED) is 0.865. The Bertz CT molecular complexity index is 501. The first-order chi connectivity index (χ1) is 9.58. The van der Waals surface area contributed by atoms with Crippen LogP contribution in [0.1, 0.15) is 43.0 Å². The summed E-state index contributed by atoms with van der Waals surface area (Å²) < 4.78 is 0. The molecule has 0 unspecified atom stereocenters. The van der Waals surface area contributed by atoms with Crippen LogP contribution in [0.5, 0.6) is 0 Å². The molecule has 5 nitrogen and oxygen atoms in total. The summed E-state index contributed by atoms with van der Waals surface area (Å²) in [6.45, 7) is 1.57. The number of amides is 2. The molecule has 1 aromatic rings. The largest absolute Gasteiger partial charge is 0.368 e. The first-order valence-electron chi connectivity index (χ1n) is 6.80. The molecule has 2 rings (SSSR count). The lowest BCUT2D eigenvalue weighted by Gasteiger charge is -2.14. The van der Waals surface area contributed by atoms with Gasteiger partial charge in [-0.3, -0.25) is 9.59 Å². The number of primary amides is 1. The Morgan fingerprint density at radius 3 is 2.80 bits per heavy atom. The summed E-state index contributed by atoms with van der Waals surface area (Å²) in [5.41, 5.74) is 5.67. The molecule has 0 spiro atoms. The van der Waals surface area contributed by atoms with Crippen molar-refractivity contribution in [1.29, 1.82) is 0 Å². The smallest absolute Gasteiger partial charge is 0.254 e. The van der Waals surface area contributed by atoms with E-state index in [0.717, 1.165) is 5.03 Å². The molecule has 0 bridgehead atoms. The fourth-order valence-corrected chi connectivity index (χ4v) is 3.46. The number of aromatic nitrogens is 1. The fourth-order valence-electron chi connectivity index (χ4n) is 2.17. The van der Waals surface area contributed by atoms with Gasteiger partial charge < -0.3 is 11.1 Å². The summed E-state index contributed by atoms with van der Waals surface area (Å²) in [6.07, 6.45) is 6.50. The third-order valence-electron chi connectivity index (χ3n) is 3.37. The minimum absolute atomic E-state index is 0.301. The number of thioether (sulfide) groups is 1. The number of hydrogen-bond donors (Lipinski definition) is 2. The summed E-state index contributed by atoms with van der Waals surface area (Å²) in [5, 5.41) is 3.86. The molecule has 0 radical (unpaired) electrons. The Morgan fingerprint density at radius 1 is 1.45 bits per heavy atom. The van der Waals surface area contributed by atoms with Gasteiger partial charge in [0, 0.05) is 11.4 Å². The van der Waals surface area contributed by atoms with Gasteiger partial charge in [0.1, 0.15) is 11.1 Å². The number of pyridine rings is 1. The summed E-state index contributed by atoms with van der Waals surface area (Å²) in [7, 11) is 0. The predicted molar refractivity (Wildman–Crippen MR) is 78.5 cm³/mol. The number of rotatable bonds is 5. The fraction of sp³-hybridized carbons (Fsp3) is 0.500. The Labute approximate surface area is 122 Å². The summed E-state index contributed by atoms with van der Waals surface area (Å²) in [5.74, 6) is -0.850. The lowest BCUT2D eigenvalue weighted by molar-refractivity contribution is -0.119. The van der Waals surface area contributed by atoms with Crippen LogP contribution in [0.3, 0.4) is 0 Å². The topological polar surface area (TPSA) is 85.1 Å². The molecule has 1 fully saturated rings. The zero-order chi connectivity index (χ0) is 14.5. The molecule has 1 aliphatic carbocycles. The average Bonchev–Trinajstić information content (AvgIpc) is 2.92. The highest BCUT2D eigenvalue weighted by molar-refractivity contribution is 7.99. The third-order valence-corrected chi connectivity index (χ3v) is 4.72. The van der Waals surface area contributed by atoms with Crippen LogP contribution in [0.4, 0.5) is 0 Å². The summed E-state index contributed by atoms with van der Waals surface area (Å²) in [4.78, 5) is 27.5. The Hall–Kier alpha value is -1.56. The second kappa shape index (κ2) is 6.74. The van der Waals surface area contributed by atoms with Gasteiger partial charge in [-0.2, -0.15) is 0 Å². The summed E-state index contributed by atoms with van der Waals surface area (Å²) in [6, 6.07) is 2.77. The highest BCUT2D eigenvalue weighted by Gasteiger charge is 2.22. The van der Waals surface area contributed by atoms with E-state index in [1.165, 1.54) is 25.7 Å². The molecule has 6 heteroatoms. The molecule has 108 valence electrons. The van der Waals surface area contributed by atoms with E-state index in [0.29, 0.717) is 10.8 Å². The first-order valence-corrected chi connectivity index (χ1v) is 7.67. The van der Waals surface area contributed by atoms with Gasteiger partial charge in [-0.05, 0) is 31.9 Å². The van der Waals surface area contributed by atoms with E-state index in [1.807, 2.05) is 0 Å². The van der Waals surface area contributed by atoms with Crippen molar-refractivity contribution in [2.24, 2.45) is 5.73 Å². The minimum atomic E-state index is -0.688. The molecule has 3 N–H and O–H groups in total.